The third-order valence-corrected chi connectivity index (χ3v) is 9.59. The first-order valence-corrected chi connectivity index (χ1v) is 23.7. The summed E-state index contributed by atoms with van der Waals surface area (Å²) < 4.78 is 16.6. The van der Waals surface area contributed by atoms with Crippen molar-refractivity contribution in [1.29, 1.82) is 0 Å². The van der Waals surface area contributed by atoms with Gasteiger partial charge in [0.1, 0.15) is 13.2 Å². The summed E-state index contributed by atoms with van der Waals surface area (Å²) in [5.41, 5.74) is 0. The molecule has 0 rings (SSSR count). The fourth-order valence-electron chi connectivity index (χ4n) is 6.07. The second-order valence-corrected chi connectivity index (χ2v) is 15.3. The third-order valence-electron chi connectivity index (χ3n) is 9.59. The van der Waals surface area contributed by atoms with E-state index in [4.69, 9.17) is 14.2 Å². The lowest BCUT2D eigenvalue weighted by Crippen LogP contribution is -2.30. The Morgan fingerprint density at radius 1 is 0.373 bits per heavy atom. The summed E-state index contributed by atoms with van der Waals surface area (Å²) in [6.07, 6.45) is 61.4. The largest absolute Gasteiger partial charge is 0.462 e. The van der Waals surface area contributed by atoms with E-state index >= 15 is 0 Å². The summed E-state index contributed by atoms with van der Waals surface area (Å²) >= 11 is 0. The van der Waals surface area contributed by atoms with Gasteiger partial charge in [-0.15, -0.1) is 0 Å². The minimum absolute atomic E-state index is 0.125. The summed E-state index contributed by atoms with van der Waals surface area (Å²) in [7, 11) is 0. The van der Waals surface area contributed by atoms with Gasteiger partial charge < -0.3 is 14.2 Å². The van der Waals surface area contributed by atoms with Gasteiger partial charge in [0, 0.05) is 12.8 Å². The standard InChI is InChI=1S/C53H86O6/c1-4-7-10-13-16-19-21-23-25-27-29-31-34-37-40-43-46-52(55)58-49-50(48-57-51(54)45-42-39-36-33-18-15-12-9-6-3)59-53(56)47-44-41-38-35-32-30-28-26-24-22-20-17-14-11-8-5-2/h7,9-10,12,16,18-19,23,25-26,28-29,31,33,39,42,50H,4-6,8,11,13-15,17,20-22,24,27,30,32,34-38,40-41,43-49H2,1-3H3/b10-7-,12-9-,19-16-,25-23-,28-26-,31-29-,33-18-,42-39-. The average molecular weight is 819 g/mol. The fourth-order valence-corrected chi connectivity index (χ4v) is 6.07. The van der Waals surface area contributed by atoms with Crippen LogP contribution in [0.1, 0.15) is 201 Å². The van der Waals surface area contributed by atoms with Crippen molar-refractivity contribution in [1.82, 2.24) is 0 Å². The molecule has 1 atom stereocenters. The molecule has 0 fully saturated rings. The molecule has 0 aliphatic heterocycles. The highest BCUT2D eigenvalue weighted by atomic mass is 16.6. The number of hydrogen-bond donors (Lipinski definition) is 0. The van der Waals surface area contributed by atoms with Gasteiger partial charge in [-0.3, -0.25) is 14.4 Å². The quantitative estimate of drug-likeness (QED) is 0.0265. The number of carbonyl (C=O) groups is 3. The van der Waals surface area contributed by atoms with Crippen LogP contribution in [-0.2, 0) is 28.6 Å². The van der Waals surface area contributed by atoms with Crippen LogP contribution in [0.2, 0.25) is 0 Å². The predicted molar refractivity (Wildman–Crippen MR) is 251 cm³/mol. The lowest BCUT2D eigenvalue weighted by molar-refractivity contribution is -0.166. The normalized spacial score (nSPS) is 12.9. The molecular formula is C53H86O6. The van der Waals surface area contributed by atoms with Crippen molar-refractivity contribution >= 4 is 17.9 Å². The second kappa shape index (κ2) is 47.0. The average Bonchev–Trinajstić information content (AvgIpc) is 3.23. The van der Waals surface area contributed by atoms with Crippen molar-refractivity contribution in [3.8, 4) is 0 Å². The van der Waals surface area contributed by atoms with Crippen LogP contribution in [0.25, 0.3) is 0 Å². The zero-order chi connectivity index (χ0) is 43.0. The molecule has 0 aliphatic rings. The molecule has 0 aromatic rings. The summed E-state index contributed by atoms with van der Waals surface area (Å²) in [4.78, 5) is 37.7. The fraction of sp³-hybridized carbons (Fsp3) is 0.642. The van der Waals surface area contributed by atoms with Crippen LogP contribution in [0.4, 0.5) is 0 Å². The van der Waals surface area contributed by atoms with Gasteiger partial charge in [-0.2, -0.15) is 0 Å². The van der Waals surface area contributed by atoms with Gasteiger partial charge in [0.2, 0.25) is 0 Å². The number of esters is 3. The molecule has 0 heterocycles. The third kappa shape index (κ3) is 45.3. The first-order valence-electron chi connectivity index (χ1n) is 23.7. The van der Waals surface area contributed by atoms with Crippen LogP contribution in [0.5, 0.6) is 0 Å². The van der Waals surface area contributed by atoms with Crippen molar-refractivity contribution in [2.45, 2.75) is 207 Å². The highest BCUT2D eigenvalue weighted by Gasteiger charge is 2.19. The zero-order valence-corrected chi connectivity index (χ0v) is 38.0. The zero-order valence-electron chi connectivity index (χ0n) is 38.0. The molecule has 0 saturated carbocycles. The number of hydrogen-bond acceptors (Lipinski definition) is 6. The monoisotopic (exact) mass is 819 g/mol. The molecule has 6 heteroatoms. The molecule has 0 radical (unpaired) electrons. The molecule has 334 valence electrons. The first kappa shape index (κ1) is 55.3. The van der Waals surface area contributed by atoms with Crippen molar-refractivity contribution < 1.29 is 28.6 Å². The van der Waals surface area contributed by atoms with Gasteiger partial charge in [-0.25, -0.2) is 0 Å². The Balaban J connectivity index is 4.48. The second-order valence-electron chi connectivity index (χ2n) is 15.3. The Morgan fingerprint density at radius 2 is 0.729 bits per heavy atom. The maximum absolute atomic E-state index is 12.7. The molecule has 0 aliphatic carbocycles. The molecule has 0 aromatic heterocycles. The van der Waals surface area contributed by atoms with Gasteiger partial charge in [-0.05, 0) is 96.3 Å². The Morgan fingerprint density at radius 3 is 1.22 bits per heavy atom. The number of unbranched alkanes of at least 4 members (excludes halogenated alkanes) is 15. The van der Waals surface area contributed by atoms with Crippen LogP contribution in [0, 0.1) is 0 Å². The van der Waals surface area contributed by atoms with Crippen molar-refractivity contribution in [2.24, 2.45) is 0 Å². The topological polar surface area (TPSA) is 78.9 Å². The van der Waals surface area contributed by atoms with Crippen molar-refractivity contribution in [2.75, 3.05) is 13.2 Å². The van der Waals surface area contributed by atoms with E-state index in [1.54, 1.807) is 6.08 Å². The maximum atomic E-state index is 12.7. The molecule has 1 unspecified atom stereocenters. The smallest absolute Gasteiger partial charge is 0.309 e. The highest BCUT2D eigenvalue weighted by molar-refractivity contribution is 5.72. The number of rotatable bonds is 41. The Kier molecular flexibility index (Phi) is 44.1. The van der Waals surface area contributed by atoms with E-state index in [1.165, 1.54) is 57.8 Å². The summed E-state index contributed by atoms with van der Waals surface area (Å²) in [6, 6.07) is 0. The molecule has 59 heavy (non-hydrogen) atoms. The minimum Gasteiger partial charge on any atom is -0.462 e. The minimum atomic E-state index is -0.829. The SMILES string of the molecule is CC/C=C\C/C=C\C/C=C\C/C=C\CCCCCC(=O)OCC(COC(=O)C/C=C\C/C=C\C/C=C\CC)OC(=O)CCCCCCC/C=C\CCCCCCCCC. The van der Waals surface area contributed by atoms with Crippen molar-refractivity contribution in [3.05, 3.63) is 97.2 Å². The van der Waals surface area contributed by atoms with Gasteiger partial charge >= 0.3 is 17.9 Å². The lowest BCUT2D eigenvalue weighted by Gasteiger charge is -2.18. The molecule has 6 nitrogen and oxygen atoms in total. The first-order chi connectivity index (χ1) is 29.0. The van der Waals surface area contributed by atoms with E-state index in [1.807, 2.05) is 6.08 Å². The number of allylic oxidation sites excluding steroid dienone is 15. The van der Waals surface area contributed by atoms with Crippen LogP contribution < -0.4 is 0 Å². The Labute approximate surface area is 362 Å². The highest BCUT2D eigenvalue weighted by Crippen LogP contribution is 2.12. The summed E-state index contributed by atoms with van der Waals surface area (Å²) in [5, 5.41) is 0. The molecule has 0 spiro atoms. The van der Waals surface area contributed by atoms with Crippen LogP contribution >= 0.6 is 0 Å². The molecule has 0 bridgehead atoms. The van der Waals surface area contributed by atoms with Crippen LogP contribution in [-0.4, -0.2) is 37.2 Å². The van der Waals surface area contributed by atoms with Crippen LogP contribution in [0.3, 0.4) is 0 Å². The van der Waals surface area contributed by atoms with Gasteiger partial charge in [0.15, 0.2) is 6.10 Å². The van der Waals surface area contributed by atoms with Gasteiger partial charge in [0.25, 0.3) is 0 Å². The molecule has 0 saturated heterocycles. The van der Waals surface area contributed by atoms with E-state index in [-0.39, 0.29) is 31.6 Å². The summed E-state index contributed by atoms with van der Waals surface area (Å²) in [6.45, 7) is 6.25. The molecule has 0 amide bonds. The Bertz CT molecular complexity index is 1220. The molecule has 0 N–H and O–H groups in total. The Hall–Kier alpha value is -3.67. The van der Waals surface area contributed by atoms with Crippen molar-refractivity contribution in [3.63, 3.8) is 0 Å². The summed E-state index contributed by atoms with van der Waals surface area (Å²) in [5.74, 6) is -1.10. The van der Waals surface area contributed by atoms with Gasteiger partial charge in [0.05, 0.1) is 6.42 Å². The van der Waals surface area contributed by atoms with Crippen LogP contribution in [0.15, 0.2) is 97.2 Å². The van der Waals surface area contributed by atoms with E-state index < -0.39 is 12.1 Å². The lowest BCUT2D eigenvalue weighted by atomic mass is 10.1. The van der Waals surface area contributed by atoms with E-state index in [0.717, 1.165) is 103 Å². The number of carbonyl (C=O) groups excluding carboxylic acids is 3. The molecule has 0 aromatic carbocycles. The predicted octanol–water partition coefficient (Wildman–Crippen LogP) is 15.4. The van der Waals surface area contributed by atoms with E-state index in [2.05, 4.69) is 106 Å². The van der Waals surface area contributed by atoms with Gasteiger partial charge in [-0.1, -0.05) is 182 Å². The number of ether oxygens (including phenoxy) is 3. The van der Waals surface area contributed by atoms with E-state index in [9.17, 15) is 14.4 Å². The maximum Gasteiger partial charge on any atom is 0.309 e. The van der Waals surface area contributed by atoms with E-state index in [0.29, 0.717) is 12.8 Å². The molecular weight excluding hydrogens is 733 g/mol.